The molecule has 34 heavy (non-hydrogen) atoms. The molecule has 178 valence electrons. The Bertz CT molecular complexity index is 1190. The fourth-order valence-electron chi connectivity index (χ4n) is 6.06. The predicted octanol–water partition coefficient (Wildman–Crippen LogP) is 2.60. The quantitative estimate of drug-likeness (QED) is 0.717. The molecule has 9 heteroatoms. The second kappa shape index (κ2) is 7.81. The van der Waals surface area contributed by atoms with Gasteiger partial charge in [0.1, 0.15) is 4.90 Å². The van der Waals surface area contributed by atoms with Gasteiger partial charge in [-0.25, -0.2) is 15.0 Å². The lowest BCUT2D eigenvalue weighted by molar-refractivity contribution is 0.0579. The Morgan fingerprint density at radius 2 is 1.88 bits per heavy atom. The molecule has 2 aromatic rings. The van der Waals surface area contributed by atoms with E-state index in [1.165, 1.54) is 24.0 Å². The zero-order valence-corrected chi connectivity index (χ0v) is 20.1. The van der Waals surface area contributed by atoms with E-state index in [9.17, 15) is 9.32 Å². The Morgan fingerprint density at radius 1 is 1.06 bits per heavy atom. The van der Waals surface area contributed by atoms with Gasteiger partial charge in [-0.05, 0) is 62.0 Å². The Labute approximate surface area is 202 Å². The second-order valence-electron chi connectivity index (χ2n) is 10.4. The summed E-state index contributed by atoms with van der Waals surface area (Å²) in [6.07, 6.45) is 13.7. The van der Waals surface area contributed by atoms with E-state index in [-0.39, 0.29) is 11.6 Å². The van der Waals surface area contributed by atoms with Crippen molar-refractivity contribution in [1.82, 2.24) is 19.9 Å². The maximum absolute atomic E-state index is 12.9. The molecule has 0 radical (unpaired) electrons. The van der Waals surface area contributed by atoms with Crippen LogP contribution in [0.2, 0.25) is 0 Å². The summed E-state index contributed by atoms with van der Waals surface area (Å²) in [7, 11) is -1.07. The van der Waals surface area contributed by atoms with E-state index in [4.69, 9.17) is 9.97 Å². The summed E-state index contributed by atoms with van der Waals surface area (Å²) >= 11 is 0. The lowest BCUT2D eigenvalue weighted by Gasteiger charge is -2.48. The number of aliphatic hydroxyl groups is 1. The van der Waals surface area contributed by atoms with Crippen molar-refractivity contribution in [2.75, 3.05) is 35.2 Å². The summed E-state index contributed by atoms with van der Waals surface area (Å²) in [6, 6.07) is 0. The van der Waals surface area contributed by atoms with Gasteiger partial charge in [0, 0.05) is 44.2 Å². The minimum Gasteiger partial charge on any atom is -0.391 e. The molecule has 7 rings (SSSR count). The molecule has 3 fully saturated rings. The molecular weight excluding hydrogens is 448 g/mol. The van der Waals surface area contributed by atoms with Crippen LogP contribution in [0.5, 0.6) is 0 Å². The van der Waals surface area contributed by atoms with Crippen LogP contribution < -0.4 is 9.80 Å². The smallest absolute Gasteiger partial charge is 0.227 e. The van der Waals surface area contributed by atoms with Gasteiger partial charge >= 0.3 is 0 Å². The fraction of sp³-hybridized carbons (Fsp3) is 0.600. The maximum Gasteiger partial charge on any atom is 0.227 e. The van der Waals surface area contributed by atoms with Crippen molar-refractivity contribution in [3.05, 3.63) is 35.6 Å². The molecule has 0 aromatic carbocycles. The number of fused-ring (bicyclic) bond motifs is 1. The van der Waals surface area contributed by atoms with Gasteiger partial charge in [0.25, 0.3) is 0 Å². The van der Waals surface area contributed by atoms with Crippen LogP contribution in [-0.4, -0.2) is 66.3 Å². The summed E-state index contributed by atoms with van der Waals surface area (Å²) in [6.45, 7) is 2.27. The van der Waals surface area contributed by atoms with E-state index in [0.29, 0.717) is 24.2 Å². The van der Waals surface area contributed by atoms with Crippen LogP contribution >= 0.6 is 0 Å². The summed E-state index contributed by atoms with van der Waals surface area (Å²) in [5, 5.41) is 10.8. The van der Waals surface area contributed by atoms with Crippen molar-refractivity contribution in [3.63, 3.8) is 0 Å². The van der Waals surface area contributed by atoms with Crippen molar-refractivity contribution in [3.8, 4) is 0 Å². The highest BCUT2D eigenvalue weighted by molar-refractivity contribution is 7.85. The molecule has 2 atom stereocenters. The topological polar surface area (TPSA) is 95.3 Å². The first-order valence-electron chi connectivity index (χ1n) is 12.6. The number of aliphatic hydroxyl groups excluding tert-OH is 1. The first kappa shape index (κ1) is 20.9. The van der Waals surface area contributed by atoms with Crippen LogP contribution in [0, 0.1) is 0 Å². The van der Waals surface area contributed by atoms with E-state index in [1.54, 1.807) is 0 Å². The third kappa shape index (κ3) is 3.23. The summed E-state index contributed by atoms with van der Waals surface area (Å²) in [5.41, 5.74) is 3.13. The van der Waals surface area contributed by atoms with Gasteiger partial charge in [0.15, 0.2) is 11.6 Å². The highest BCUT2D eigenvalue weighted by Crippen LogP contribution is 2.49. The van der Waals surface area contributed by atoms with E-state index >= 15 is 0 Å². The van der Waals surface area contributed by atoms with Gasteiger partial charge < -0.3 is 14.9 Å². The maximum atomic E-state index is 12.9. The molecule has 0 unspecified atom stereocenters. The number of aromatic nitrogens is 4. The van der Waals surface area contributed by atoms with E-state index < -0.39 is 10.8 Å². The molecule has 1 spiro atoms. The van der Waals surface area contributed by atoms with E-state index in [0.717, 1.165) is 73.8 Å². The largest absolute Gasteiger partial charge is 0.391 e. The molecule has 5 heterocycles. The minimum absolute atomic E-state index is 0.231. The predicted molar refractivity (Wildman–Crippen MR) is 130 cm³/mol. The molecule has 5 aliphatic rings. The fourth-order valence-corrected chi connectivity index (χ4v) is 7.41. The van der Waals surface area contributed by atoms with E-state index in [2.05, 4.69) is 25.8 Å². The van der Waals surface area contributed by atoms with Crippen molar-refractivity contribution in [2.24, 2.45) is 0 Å². The van der Waals surface area contributed by atoms with Crippen molar-refractivity contribution >= 4 is 28.1 Å². The number of hydrogen-bond acceptors (Lipinski definition) is 8. The number of aryl methyl sites for hydroxylation is 1. The van der Waals surface area contributed by atoms with Crippen LogP contribution in [0.25, 0.3) is 5.57 Å². The average molecular weight is 479 g/mol. The first-order chi connectivity index (χ1) is 16.6. The van der Waals surface area contributed by atoms with Crippen LogP contribution in [0.4, 0.5) is 11.8 Å². The van der Waals surface area contributed by atoms with Crippen LogP contribution in [0.15, 0.2) is 23.4 Å². The van der Waals surface area contributed by atoms with Crippen LogP contribution in [0.3, 0.4) is 0 Å². The van der Waals surface area contributed by atoms with Crippen molar-refractivity contribution in [1.29, 1.82) is 0 Å². The molecular formula is C25H30N6O2S. The zero-order chi connectivity index (χ0) is 22.9. The second-order valence-corrected chi connectivity index (χ2v) is 11.9. The molecule has 1 saturated heterocycles. The zero-order valence-electron chi connectivity index (χ0n) is 19.3. The molecule has 2 aromatic heterocycles. The van der Waals surface area contributed by atoms with Gasteiger partial charge in [0.2, 0.25) is 5.95 Å². The van der Waals surface area contributed by atoms with Crippen LogP contribution in [-0.2, 0) is 17.2 Å². The molecule has 1 N–H and O–H groups in total. The summed E-state index contributed by atoms with van der Waals surface area (Å²) < 4.78 is 12.9. The highest BCUT2D eigenvalue weighted by atomic mass is 32.2. The van der Waals surface area contributed by atoms with Crippen molar-refractivity contribution in [2.45, 2.75) is 73.8 Å². The van der Waals surface area contributed by atoms with Crippen LogP contribution in [0.1, 0.15) is 67.9 Å². The van der Waals surface area contributed by atoms with Gasteiger partial charge in [-0.2, -0.15) is 4.98 Å². The molecule has 0 amide bonds. The third-order valence-corrected chi connectivity index (χ3v) is 9.87. The van der Waals surface area contributed by atoms with E-state index in [1.807, 2.05) is 12.4 Å². The Hall–Kier alpha value is -2.39. The lowest BCUT2D eigenvalue weighted by Crippen LogP contribution is -2.56. The van der Waals surface area contributed by atoms with Gasteiger partial charge in [-0.15, -0.1) is 0 Å². The van der Waals surface area contributed by atoms with Gasteiger partial charge in [0.05, 0.1) is 28.1 Å². The number of hydrogen-bond donors (Lipinski definition) is 1. The van der Waals surface area contributed by atoms with Gasteiger partial charge in [-0.1, -0.05) is 6.08 Å². The Kier molecular flexibility index (Phi) is 4.81. The summed E-state index contributed by atoms with van der Waals surface area (Å²) in [5.74, 6) is 3.63. The SMILES string of the molecule is O=[S@]1CCc2nc(N3CC=C(c4ncc(C5CC5)cn4)CC3)nc(N3CC[C@H](O)C34CCC4)c21. The number of anilines is 2. The minimum atomic E-state index is -1.07. The highest BCUT2D eigenvalue weighted by Gasteiger charge is 2.53. The molecule has 3 aliphatic heterocycles. The number of nitrogens with zero attached hydrogens (tertiary/aromatic N) is 6. The normalized spacial score (nSPS) is 27.6. The Balaban J connectivity index is 1.18. The number of rotatable bonds is 4. The molecule has 2 aliphatic carbocycles. The lowest BCUT2D eigenvalue weighted by atomic mass is 9.73. The van der Waals surface area contributed by atoms with Gasteiger partial charge in [-0.3, -0.25) is 4.21 Å². The molecule has 0 bridgehead atoms. The Morgan fingerprint density at radius 3 is 2.56 bits per heavy atom. The standard InChI is InChI=1S/C25H30N6O2S/c32-20-6-12-31(25(20)8-1-9-25)23-21-19(7-13-34(21)33)28-24(29-23)30-10-4-17(5-11-30)22-26-14-18(15-27-22)16-2-3-16/h4,14-16,20,32H,1-3,5-13H2/t20-,34-/m0/s1. The monoisotopic (exact) mass is 478 g/mol. The molecule has 2 saturated carbocycles. The first-order valence-corrected chi connectivity index (χ1v) is 14.0. The third-order valence-electron chi connectivity index (χ3n) is 8.42. The molecule has 8 nitrogen and oxygen atoms in total. The van der Waals surface area contributed by atoms with Crippen molar-refractivity contribution < 1.29 is 9.32 Å². The summed E-state index contributed by atoms with van der Waals surface area (Å²) in [4.78, 5) is 24.4. The average Bonchev–Trinajstić information content (AvgIpc) is 3.54.